The van der Waals surface area contributed by atoms with Gasteiger partial charge in [-0.3, -0.25) is 4.98 Å². The van der Waals surface area contributed by atoms with Gasteiger partial charge in [-0.2, -0.15) is 0 Å². The number of aliphatic hydroxyl groups is 1. The molecule has 2 rings (SSSR count). The second-order valence-corrected chi connectivity index (χ2v) is 5.86. The summed E-state index contributed by atoms with van der Waals surface area (Å²) in [6.45, 7) is 6.90. The van der Waals surface area contributed by atoms with Crippen molar-refractivity contribution in [1.29, 1.82) is 0 Å². The highest BCUT2D eigenvalue weighted by Gasteiger charge is 2.11. The van der Waals surface area contributed by atoms with Crippen molar-refractivity contribution in [3.8, 4) is 0 Å². The van der Waals surface area contributed by atoms with E-state index in [-0.39, 0.29) is 12.5 Å². The number of hydrogen-bond acceptors (Lipinski definition) is 5. The van der Waals surface area contributed by atoms with Crippen LogP contribution in [-0.4, -0.2) is 33.2 Å². The maximum atomic E-state index is 9.56. The molecule has 2 heterocycles. The molecule has 118 valence electrons. The lowest BCUT2D eigenvalue weighted by molar-refractivity contribution is 0.232. The molecule has 22 heavy (non-hydrogen) atoms. The molecule has 2 N–H and O–H groups in total. The van der Waals surface area contributed by atoms with Crippen molar-refractivity contribution in [2.24, 2.45) is 5.92 Å². The molecule has 0 aromatic carbocycles. The number of aliphatic hydroxyl groups excluding tert-OH is 1. The Labute approximate surface area is 131 Å². The van der Waals surface area contributed by atoms with Crippen LogP contribution in [0, 0.1) is 12.8 Å². The fourth-order valence-electron chi connectivity index (χ4n) is 2.21. The first kappa shape index (κ1) is 16.4. The molecule has 2 aromatic rings. The highest BCUT2D eigenvalue weighted by atomic mass is 16.3. The molecule has 0 spiro atoms. The van der Waals surface area contributed by atoms with E-state index in [1.165, 1.54) is 0 Å². The third kappa shape index (κ3) is 4.77. The van der Waals surface area contributed by atoms with Gasteiger partial charge in [-0.15, -0.1) is 0 Å². The van der Waals surface area contributed by atoms with E-state index in [1.807, 2.05) is 31.2 Å². The summed E-state index contributed by atoms with van der Waals surface area (Å²) in [5.41, 5.74) is 1.94. The van der Waals surface area contributed by atoms with Crippen LogP contribution in [0.5, 0.6) is 0 Å². The van der Waals surface area contributed by atoms with Crippen LogP contribution in [0.2, 0.25) is 0 Å². The van der Waals surface area contributed by atoms with E-state index < -0.39 is 0 Å². The molecule has 1 atom stereocenters. The molecule has 0 aliphatic rings. The van der Waals surface area contributed by atoms with Crippen molar-refractivity contribution < 1.29 is 5.11 Å². The molecule has 0 saturated heterocycles. The van der Waals surface area contributed by atoms with Crippen LogP contribution in [-0.2, 0) is 6.42 Å². The molecule has 0 fully saturated rings. The van der Waals surface area contributed by atoms with Gasteiger partial charge in [-0.05, 0) is 25.5 Å². The molecule has 0 aliphatic heterocycles. The molecule has 0 bridgehead atoms. The number of anilines is 1. The largest absolute Gasteiger partial charge is 0.396 e. The van der Waals surface area contributed by atoms with Crippen molar-refractivity contribution in [1.82, 2.24) is 15.0 Å². The van der Waals surface area contributed by atoms with E-state index in [2.05, 4.69) is 34.1 Å². The zero-order chi connectivity index (χ0) is 15.9. The fourth-order valence-corrected chi connectivity index (χ4v) is 2.21. The van der Waals surface area contributed by atoms with Gasteiger partial charge < -0.3 is 10.4 Å². The van der Waals surface area contributed by atoms with Gasteiger partial charge in [0.2, 0.25) is 0 Å². The minimum absolute atomic E-state index is 0.104. The molecule has 5 nitrogen and oxygen atoms in total. The Hall–Kier alpha value is -2.01. The molecule has 2 aromatic heterocycles. The Kier molecular flexibility index (Phi) is 5.83. The maximum absolute atomic E-state index is 9.56. The van der Waals surface area contributed by atoms with Gasteiger partial charge in [-0.25, -0.2) is 9.97 Å². The number of hydrogen-bond donors (Lipinski definition) is 2. The van der Waals surface area contributed by atoms with E-state index in [4.69, 9.17) is 0 Å². The van der Waals surface area contributed by atoms with Crippen LogP contribution in [0.1, 0.15) is 37.0 Å². The second kappa shape index (κ2) is 7.84. The van der Waals surface area contributed by atoms with Gasteiger partial charge >= 0.3 is 0 Å². The normalized spacial score (nSPS) is 12.4. The van der Waals surface area contributed by atoms with Crippen molar-refractivity contribution in [2.75, 3.05) is 18.5 Å². The minimum Gasteiger partial charge on any atom is -0.396 e. The van der Waals surface area contributed by atoms with Crippen molar-refractivity contribution >= 4 is 5.82 Å². The molecule has 0 amide bonds. The van der Waals surface area contributed by atoms with E-state index >= 15 is 0 Å². The van der Waals surface area contributed by atoms with E-state index in [0.717, 1.165) is 29.5 Å². The molecule has 0 aliphatic carbocycles. The average molecular weight is 300 g/mol. The number of nitrogens with one attached hydrogen (secondary N) is 1. The van der Waals surface area contributed by atoms with Gasteiger partial charge in [0.1, 0.15) is 11.6 Å². The van der Waals surface area contributed by atoms with Gasteiger partial charge in [0.15, 0.2) is 0 Å². The highest BCUT2D eigenvalue weighted by molar-refractivity contribution is 5.36. The summed E-state index contributed by atoms with van der Waals surface area (Å²) < 4.78 is 0. The SMILES string of the molecule is Cc1cc(NCC(CO)Cc2ccccn2)nc(C(C)C)n1. The first-order valence-electron chi connectivity index (χ1n) is 7.68. The third-order valence-electron chi connectivity index (χ3n) is 3.44. The highest BCUT2D eigenvalue weighted by Crippen LogP contribution is 2.14. The minimum atomic E-state index is 0.104. The average Bonchev–Trinajstić information content (AvgIpc) is 2.51. The van der Waals surface area contributed by atoms with Crippen molar-refractivity contribution in [3.63, 3.8) is 0 Å². The number of pyridine rings is 1. The molecule has 0 radical (unpaired) electrons. The second-order valence-electron chi connectivity index (χ2n) is 5.86. The summed E-state index contributed by atoms with van der Waals surface area (Å²) >= 11 is 0. The first-order chi connectivity index (χ1) is 10.6. The van der Waals surface area contributed by atoms with Crippen LogP contribution in [0.4, 0.5) is 5.82 Å². The van der Waals surface area contributed by atoms with Crippen LogP contribution in [0.3, 0.4) is 0 Å². The monoisotopic (exact) mass is 300 g/mol. The predicted molar refractivity (Wildman–Crippen MR) is 87.9 cm³/mol. The third-order valence-corrected chi connectivity index (χ3v) is 3.44. The van der Waals surface area contributed by atoms with Gasteiger partial charge in [0.25, 0.3) is 0 Å². The summed E-state index contributed by atoms with van der Waals surface area (Å²) in [7, 11) is 0. The van der Waals surface area contributed by atoms with Crippen molar-refractivity contribution in [3.05, 3.63) is 47.7 Å². The van der Waals surface area contributed by atoms with Gasteiger partial charge in [0, 0.05) is 48.6 Å². The van der Waals surface area contributed by atoms with E-state index in [0.29, 0.717) is 12.5 Å². The lowest BCUT2D eigenvalue weighted by atomic mass is 10.0. The Balaban J connectivity index is 1.98. The van der Waals surface area contributed by atoms with Crippen LogP contribution >= 0.6 is 0 Å². The van der Waals surface area contributed by atoms with Gasteiger partial charge in [-0.1, -0.05) is 19.9 Å². The zero-order valence-corrected chi connectivity index (χ0v) is 13.5. The molecular formula is C17H24N4O. The Morgan fingerprint density at radius 1 is 1.23 bits per heavy atom. The Morgan fingerprint density at radius 2 is 2.05 bits per heavy atom. The number of rotatable bonds is 7. The predicted octanol–water partition coefficient (Wildman–Crippen LogP) is 2.57. The summed E-state index contributed by atoms with van der Waals surface area (Å²) in [6.07, 6.45) is 2.52. The molecule has 0 saturated carbocycles. The standard InChI is InChI=1S/C17H24N4O/c1-12(2)17-20-13(3)8-16(21-17)19-10-14(11-22)9-15-6-4-5-7-18-15/h4-8,12,14,22H,9-11H2,1-3H3,(H,19,20,21). The summed E-state index contributed by atoms with van der Waals surface area (Å²) in [5.74, 6) is 2.05. The summed E-state index contributed by atoms with van der Waals surface area (Å²) in [6, 6.07) is 7.77. The fraction of sp³-hybridized carbons (Fsp3) is 0.471. The van der Waals surface area contributed by atoms with E-state index in [1.54, 1.807) is 6.20 Å². The zero-order valence-electron chi connectivity index (χ0n) is 13.5. The van der Waals surface area contributed by atoms with Crippen LogP contribution in [0.25, 0.3) is 0 Å². The van der Waals surface area contributed by atoms with Crippen LogP contribution in [0.15, 0.2) is 30.5 Å². The van der Waals surface area contributed by atoms with Crippen molar-refractivity contribution in [2.45, 2.75) is 33.1 Å². The molecule has 5 heteroatoms. The summed E-state index contributed by atoms with van der Waals surface area (Å²) in [5, 5.41) is 12.9. The van der Waals surface area contributed by atoms with E-state index in [9.17, 15) is 5.11 Å². The summed E-state index contributed by atoms with van der Waals surface area (Å²) in [4.78, 5) is 13.3. The lowest BCUT2D eigenvalue weighted by Crippen LogP contribution is -2.21. The molecule has 1 unspecified atom stereocenters. The smallest absolute Gasteiger partial charge is 0.133 e. The topological polar surface area (TPSA) is 70.9 Å². The van der Waals surface area contributed by atoms with Crippen LogP contribution < -0.4 is 5.32 Å². The lowest BCUT2D eigenvalue weighted by Gasteiger charge is -2.16. The maximum Gasteiger partial charge on any atom is 0.133 e. The number of nitrogens with zero attached hydrogens (tertiary/aromatic N) is 3. The Morgan fingerprint density at radius 3 is 2.68 bits per heavy atom. The number of aromatic nitrogens is 3. The van der Waals surface area contributed by atoms with Gasteiger partial charge in [0.05, 0.1) is 0 Å². The first-order valence-corrected chi connectivity index (χ1v) is 7.68. The number of aryl methyl sites for hydroxylation is 1. The quantitative estimate of drug-likeness (QED) is 0.822. The Bertz CT molecular complexity index is 586. The molecular weight excluding hydrogens is 276 g/mol.